The molecular weight excluding hydrogens is 402 g/mol. The number of hydrogen-bond donors (Lipinski definition) is 0. The summed E-state index contributed by atoms with van der Waals surface area (Å²) in [7, 11) is 8.35. The second kappa shape index (κ2) is 29.9. The summed E-state index contributed by atoms with van der Waals surface area (Å²) in [5.74, 6) is 0. The zero-order valence-corrected chi connectivity index (χ0v) is 24.6. The van der Waals surface area contributed by atoms with Crippen molar-refractivity contribution >= 4 is 0 Å². The van der Waals surface area contributed by atoms with Crippen molar-refractivity contribution in [2.45, 2.75) is 136 Å². The van der Waals surface area contributed by atoms with Crippen molar-refractivity contribution in [3.8, 4) is 0 Å². The number of hydrogen-bond acceptors (Lipinski definition) is 3. The molecule has 0 aliphatic carbocycles. The van der Waals surface area contributed by atoms with Crippen molar-refractivity contribution < 1.29 is 0 Å². The highest BCUT2D eigenvalue weighted by Gasteiger charge is 2.05. The molecule has 0 saturated heterocycles. The topological polar surface area (TPSA) is 9.72 Å². The Morgan fingerprint density at radius 3 is 0.788 bits per heavy atom. The van der Waals surface area contributed by atoms with Gasteiger partial charge in [0.15, 0.2) is 0 Å². The predicted molar refractivity (Wildman–Crippen MR) is 154 cm³/mol. The van der Waals surface area contributed by atoms with E-state index in [2.05, 4.69) is 63.7 Å². The Hall–Kier alpha value is -0.120. The lowest BCUT2D eigenvalue weighted by atomic mass is 10.1. The minimum atomic E-state index is 1.15. The van der Waals surface area contributed by atoms with Crippen molar-refractivity contribution in [2.75, 3.05) is 60.9 Å². The molecule has 3 heteroatoms. The average molecular weight is 470 g/mol. The Bertz CT molecular complexity index is 284. The Balaban J connectivity index is 0. The monoisotopic (exact) mass is 470 g/mol. The van der Waals surface area contributed by atoms with Gasteiger partial charge in [0, 0.05) is 13.1 Å². The van der Waals surface area contributed by atoms with E-state index in [1.807, 2.05) is 0 Å². The maximum atomic E-state index is 2.79. The first-order valence-electron chi connectivity index (χ1n) is 15.0. The first-order valence-corrected chi connectivity index (χ1v) is 15.0. The summed E-state index contributed by atoms with van der Waals surface area (Å²) in [6, 6.07) is 0. The van der Waals surface area contributed by atoms with Crippen LogP contribution in [0.15, 0.2) is 0 Å². The molecule has 0 heterocycles. The van der Waals surface area contributed by atoms with Crippen LogP contribution in [0.3, 0.4) is 0 Å². The first-order chi connectivity index (χ1) is 16.0. The zero-order chi connectivity index (χ0) is 25.0. The van der Waals surface area contributed by atoms with Crippen molar-refractivity contribution in [3.05, 3.63) is 0 Å². The average Bonchev–Trinajstić information content (AvgIpc) is 2.79. The van der Waals surface area contributed by atoms with Crippen LogP contribution in [0.4, 0.5) is 0 Å². The molecule has 0 aromatic carbocycles. The highest BCUT2D eigenvalue weighted by Crippen LogP contribution is 2.11. The standard InChI is InChI=1S/C24H51N.C6H16N2/c1-4-7-10-13-16-19-22-25(23-20-17-14-11-8-5-2)24-21-18-15-12-9-6-3;1-7(2)5-6-8(3)4/h4-24H2,1-3H3;5-6H2,1-4H3. The molecule has 0 atom stereocenters. The van der Waals surface area contributed by atoms with E-state index in [0.717, 1.165) is 13.1 Å². The van der Waals surface area contributed by atoms with Crippen molar-refractivity contribution in [2.24, 2.45) is 0 Å². The van der Waals surface area contributed by atoms with Crippen molar-refractivity contribution in [1.82, 2.24) is 14.7 Å². The van der Waals surface area contributed by atoms with E-state index in [-0.39, 0.29) is 0 Å². The first kappa shape index (κ1) is 35.0. The molecule has 0 aromatic heterocycles. The van der Waals surface area contributed by atoms with E-state index in [1.54, 1.807) is 0 Å². The molecule has 0 aliphatic heterocycles. The molecular formula is C30H67N3. The lowest BCUT2D eigenvalue weighted by Gasteiger charge is -2.22. The molecule has 0 fully saturated rings. The molecule has 0 aliphatic rings. The van der Waals surface area contributed by atoms with Gasteiger partial charge in [0.1, 0.15) is 0 Å². The molecule has 0 bridgehead atoms. The molecule has 0 saturated carbocycles. The predicted octanol–water partition coefficient (Wildman–Crippen LogP) is 8.48. The zero-order valence-electron chi connectivity index (χ0n) is 24.6. The van der Waals surface area contributed by atoms with E-state index in [9.17, 15) is 0 Å². The highest BCUT2D eigenvalue weighted by atomic mass is 15.1. The molecule has 0 amide bonds. The van der Waals surface area contributed by atoms with Crippen LogP contribution in [-0.4, -0.2) is 75.6 Å². The highest BCUT2D eigenvalue weighted by molar-refractivity contribution is 4.60. The minimum absolute atomic E-state index is 1.15. The fourth-order valence-electron chi connectivity index (χ4n) is 4.08. The summed E-state index contributed by atoms with van der Waals surface area (Å²) in [4.78, 5) is 7.15. The van der Waals surface area contributed by atoms with Crippen LogP contribution in [0.1, 0.15) is 136 Å². The van der Waals surface area contributed by atoms with Crippen LogP contribution in [0, 0.1) is 0 Å². The van der Waals surface area contributed by atoms with Crippen LogP contribution < -0.4 is 0 Å². The SMILES string of the molecule is CCCCCCCCN(CCCCCCCC)CCCCCCCC.CN(C)CCN(C)C. The van der Waals surface area contributed by atoms with Gasteiger partial charge in [-0.2, -0.15) is 0 Å². The summed E-state index contributed by atoms with van der Waals surface area (Å²) in [5, 5.41) is 0. The van der Waals surface area contributed by atoms with E-state index in [0.29, 0.717) is 0 Å². The van der Waals surface area contributed by atoms with E-state index >= 15 is 0 Å². The van der Waals surface area contributed by atoms with Gasteiger partial charge in [-0.15, -0.1) is 0 Å². The van der Waals surface area contributed by atoms with Gasteiger partial charge in [-0.3, -0.25) is 0 Å². The maximum absolute atomic E-state index is 2.79. The lowest BCUT2D eigenvalue weighted by Crippen LogP contribution is -2.27. The quantitative estimate of drug-likeness (QED) is 0.131. The smallest absolute Gasteiger partial charge is 0.0103 e. The largest absolute Gasteiger partial charge is 0.308 e. The van der Waals surface area contributed by atoms with Crippen molar-refractivity contribution in [3.63, 3.8) is 0 Å². The van der Waals surface area contributed by atoms with Crippen LogP contribution in [0.2, 0.25) is 0 Å². The summed E-state index contributed by atoms with van der Waals surface area (Å²) in [5.41, 5.74) is 0. The summed E-state index contributed by atoms with van der Waals surface area (Å²) >= 11 is 0. The Morgan fingerprint density at radius 1 is 0.303 bits per heavy atom. The Morgan fingerprint density at radius 2 is 0.545 bits per heavy atom. The lowest BCUT2D eigenvalue weighted by molar-refractivity contribution is 0.254. The molecule has 0 spiro atoms. The molecule has 0 aromatic rings. The molecule has 202 valence electrons. The minimum Gasteiger partial charge on any atom is -0.308 e. The molecule has 0 unspecified atom stereocenters. The van der Waals surface area contributed by atoms with E-state index < -0.39 is 0 Å². The van der Waals surface area contributed by atoms with Crippen LogP contribution >= 0.6 is 0 Å². The number of unbranched alkanes of at least 4 members (excludes halogenated alkanes) is 15. The molecule has 0 radical (unpaired) electrons. The normalized spacial score (nSPS) is 11.5. The number of likely N-dealkylation sites (N-methyl/N-ethyl adjacent to an activating group) is 2. The van der Waals surface area contributed by atoms with Crippen molar-refractivity contribution in [1.29, 1.82) is 0 Å². The van der Waals surface area contributed by atoms with Crippen LogP contribution in [-0.2, 0) is 0 Å². The van der Waals surface area contributed by atoms with Crippen LogP contribution in [0.5, 0.6) is 0 Å². The maximum Gasteiger partial charge on any atom is 0.0103 e. The van der Waals surface area contributed by atoms with Gasteiger partial charge < -0.3 is 14.7 Å². The Labute approximate surface area is 212 Å². The number of nitrogens with zero attached hydrogens (tertiary/aromatic N) is 3. The van der Waals surface area contributed by atoms with Gasteiger partial charge in [0.25, 0.3) is 0 Å². The third kappa shape index (κ3) is 34.1. The van der Waals surface area contributed by atoms with Crippen LogP contribution in [0.25, 0.3) is 0 Å². The molecule has 3 nitrogen and oxygen atoms in total. The fraction of sp³-hybridized carbons (Fsp3) is 1.00. The second-order valence-electron chi connectivity index (χ2n) is 10.8. The molecule has 33 heavy (non-hydrogen) atoms. The van der Waals surface area contributed by atoms with Gasteiger partial charge in [-0.05, 0) is 67.1 Å². The van der Waals surface area contributed by atoms with Gasteiger partial charge in [0.2, 0.25) is 0 Å². The van der Waals surface area contributed by atoms with Gasteiger partial charge >= 0.3 is 0 Å². The fourth-order valence-corrected chi connectivity index (χ4v) is 4.08. The third-order valence-electron chi connectivity index (χ3n) is 6.48. The molecule has 0 N–H and O–H groups in total. The second-order valence-corrected chi connectivity index (χ2v) is 10.8. The Kier molecular flexibility index (Phi) is 31.8. The molecule has 0 rings (SSSR count). The van der Waals surface area contributed by atoms with E-state index in [4.69, 9.17) is 0 Å². The summed E-state index contributed by atoms with van der Waals surface area (Å²) < 4.78 is 0. The van der Waals surface area contributed by atoms with Gasteiger partial charge in [-0.1, -0.05) is 117 Å². The number of rotatable bonds is 24. The van der Waals surface area contributed by atoms with Gasteiger partial charge in [0.05, 0.1) is 0 Å². The van der Waals surface area contributed by atoms with Gasteiger partial charge in [-0.25, -0.2) is 0 Å². The summed E-state index contributed by atoms with van der Waals surface area (Å²) in [6.45, 7) is 13.3. The summed E-state index contributed by atoms with van der Waals surface area (Å²) in [6.07, 6.45) is 25.7. The van der Waals surface area contributed by atoms with E-state index in [1.165, 1.54) is 135 Å². The third-order valence-corrected chi connectivity index (χ3v) is 6.48.